The summed E-state index contributed by atoms with van der Waals surface area (Å²) >= 11 is 0. The molecule has 2 rings (SSSR count). The van der Waals surface area contributed by atoms with Crippen molar-refractivity contribution in [2.75, 3.05) is 58.9 Å². The number of fused-ring (bicyclic) bond motifs is 1. The maximum atomic E-state index is 12.2. The van der Waals surface area contributed by atoms with Crippen LogP contribution < -0.4 is 15.8 Å². The zero-order valence-electron chi connectivity index (χ0n) is 15.7. The summed E-state index contributed by atoms with van der Waals surface area (Å²) in [6.45, 7) is 1.91. The molecule has 0 spiro atoms. The van der Waals surface area contributed by atoms with E-state index in [1.165, 1.54) is 12.4 Å². The highest BCUT2D eigenvalue weighted by molar-refractivity contribution is 6.03. The summed E-state index contributed by atoms with van der Waals surface area (Å²) in [4.78, 5) is 24.4. The highest BCUT2D eigenvalue weighted by Gasteiger charge is 2.12. The maximum Gasteiger partial charge on any atom is 0.248 e. The number of hydrogen-bond donors (Lipinski definition) is 2. The molecular weight excluding hydrogens is 332 g/mol. The van der Waals surface area contributed by atoms with Gasteiger partial charge in [-0.3, -0.25) is 4.79 Å². The zero-order valence-corrected chi connectivity index (χ0v) is 15.7. The molecule has 0 atom stereocenters. The van der Waals surface area contributed by atoms with Crippen molar-refractivity contribution >= 4 is 28.3 Å². The smallest absolute Gasteiger partial charge is 0.248 e. The Labute approximate surface area is 153 Å². The number of carbonyl (C=O) groups excluding carboxylic acids is 1. The molecule has 0 aliphatic rings. The minimum Gasteiger partial charge on any atom is -0.490 e. The molecule has 0 radical (unpaired) electrons. The Morgan fingerprint density at radius 1 is 1.23 bits per heavy atom. The number of aromatic nitrogens is 2. The Kier molecular flexibility index (Phi) is 6.88. The lowest BCUT2D eigenvalue weighted by Gasteiger charge is -2.15. The van der Waals surface area contributed by atoms with E-state index in [0.29, 0.717) is 41.3 Å². The van der Waals surface area contributed by atoms with Crippen LogP contribution in [0.4, 0.5) is 11.5 Å². The predicted molar refractivity (Wildman–Crippen MR) is 104 cm³/mol. The van der Waals surface area contributed by atoms with Crippen molar-refractivity contribution in [2.24, 2.45) is 0 Å². The van der Waals surface area contributed by atoms with Gasteiger partial charge in [-0.15, -0.1) is 0 Å². The highest BCUT2D eigenvalue weighted by atomic mass is 16.5. The molecule has 0 aliphatic carbocycles. The van der Waals surface area contributed by atoms with Crippen LogP contribution in [0, 0.1) is 0 Å². The van der Waals surface area contributed by atoms with E-state index in [2.05, 4.69) is 15.3 Å². The molecule has 0 unspecified atom stereocenters. The number of hydrogen-bond acceptors (Lipinski definition) is 7. The van der Waals surface area contributed by atoms with E-state index in [1.807, 2.05) is 38.0 Å². The Morgan fingerprint density at radius 2 is 2.00 bits per heavy atom. The molecule has 1 heterocycles. The van der Waals surface area contributed by atoms with Crippen molar-refractivity contribution < 1.29 is 9.53 Å². The van der Waals surface area contributed by atoms with E-state index in [0.717, 1.165) is 6.54 Å². The van der Waals surface area contributed by atoms with E-state index < -0.39 is 0 Å². The second kappa shape index (κ2) is 9.12. The molecule has 0 saturated heterocycles. The van der Waals surface area contributed by atoms with Gasteiger partial charge in [0.15, 0.2) is 0 Å². The molecular formula is C18H26N6O2. The summed E-state index contributed by atoms with van der Waals surface area (Å²) in [6.07, 6.45) is 4.70. The number of ether oxygens (including phenoxy) is 1. The first-order valence-corrected chi connectivity index (χ1v) is 8.31. The summed E-state index contributed by atoms with van der Waals surface area (Å²) in [5.74, 6) is 0.666. The summed E-state index contributed by atoms with van der Waals surface area (Å²) in [5, 5.41) is 3.51. The Balaban J connectivity index is 2.26. The Morgan fingerprint density at radius 3 is 2.69 bits per heavy atom. The van der Waals surface area contributed by atoms with Crippen LogP contribution in [0.5, 0.6) is 5.75 Å². The molecule has 140 valence electrons. The van der Waals surface area contributed by atoms with Crippen molar-refractivity contribution in [1.29, 1.82) is 0 Å². The number of rotatable bonds is 8. The first-order chi connectivity index (χ1) is 12.4. The number of nitrogen functional groups attached to an aromatic ring is 1. The lowest BCUT2D eigenvalue weighted by Crippen LogP contribution is -2.20. The van der Waals surface area contributed by atoms with Crippen LogP contribution in [0.3, 0.4) is 0 Å². The van der Waals surface area contributed by atoms with Gasteiger partial charge < -0.3 is 25.6 Å². The summed E-state index contributed by atoms with van der Waals surface area (Å²) in [6, 6.07) is 3.51. The minimum absolute atomic E-state index is 0.237. The average Bonchev–Trinajstić information content (AvgIpc) is 2.55. The lowest BCUT2D eigenvalue weighted by atomic mass is 10.2. The van der Waals surface area contributed by atoms with Gasteiger partial charge in [0, 0.05) is 30.6 Å². The average molecular weight is 358 g/mol. The van der Waals surface area contributed by atoms with Gasteiger partial charge in [-0.05, 0) is 34.3 Å². The predicted octanol–water partition coefficient (Wildman–Crippen LogP) is 1.21. The second-order valence-electron chi connectivity index (χ2n) is 6.43. The van der Waals surface area contributed by atoms with Gasteiger partial charge in [-0.25, -0.2) is 9.97 Å². The number of nitrogens with zero attached hydrogens (tertiary/aromatic N) is 4. The lowest BCUT2D eigenvalue weighted by molar-refractivity contribution is -0.111. The molecule has 0 saturated carbocycles. The molecule has 8 heteroatoms. The number of anilines is 2. The third kappa shape index (κ3) is 5.68. The molecule has 1 aromatic carbocycles. The molecule has 8 nitrogen and oxygen atoms in total. The van der Waals surface area contributed by atoms with Crippen LogP contribution >= 0.6 is 0 Å². The van der Waals surface area contributed by atoms with Crippen LogP contribution in [-0.4, -0.2) is 73.6 Å². The van der Waals surface area contributed by atoms with E-state index in [4.69, 9.17) is 10.5 Å². The number of amides is 1. The van der Waals surface area contributed by atoms with E-state index >= 15 is 0 Å². The van der Waals surface area contributed by atoms with Crippen LogP contribution in [0.2, 0.25) is 0 Å². The van der Waals surface area contributed by atoms with Crippen molar-refractivity contribution in [3.8, 4) is 5.75 Å². The molecule has 0 bridgehead atoms. The summed E-state index contributed by atoms with van der Waals surface area (Å²) in [7, 11) is 7.81. The Bertz CT molecular complexity index is 789. The number of likely N-dealkylation sites (N-methyl/N-ethyl adjacent to an activating group) is 2. The van der Waals surface area contributed by atoms with Crippen LogP contribution in [0.15, 0.2) is 30.6 Å². The normalized spacial score (nSPS) is 11.6. The van der Waals surface area contributed by atoms with Gasteiger partial charge in [0.1, 0.15) is 24.5 Å². The number of carbonyl (C=O) groups is 1. The number of benzene rings is 1. The Hall–Kier alpha value is -2.71. The minimum atomic E-state index is -0.237. The first-order valence-electron chi connectivity index (χ1n) is 8.31. The van der Waals surface area contributed by atoms with Gasteiger partial charge in [-0.2, -0.15) is 0 Å². The first kappa shape index (κ1) is 19.6. The SMILES string of the molecule is CN(C)CC=CC(=O)Nc1cc2c(N)ncnc2cc1OCCN(C)C. The fourth-order valence-corrected chi connectivity index (χ4v) is 2.20. The number of nitrogens with one attached hydrogen (secondary N) is 1. The summed E-state index contributed by atoms with van der Waals surface area (Å²) in [5.41, 5.74) is 7.13. The molecule has 0 fully saturated rings. The van der Waals surface area contributed by atoms with E-state index in [1.54, 1.807) is 18.2 Å². The van der Waals surface area contributed by atoms with E-state index in [-0.39, 0.29) is 5.91 Å². The molecule has 26 heavy (non-hydrogen) atoms. The molecule has 1 aromatic heterocycles. The molecule has 0 aliphatic heterocycles. The van der Waals surface area contributed by atoms with E-state index in [9.17, 15) is 4.79 Å². The van der Waals surface area contributed by atoms with Crippen molar-refractivity contribution in [2.45, 2.75) is 0 Å². The van der Waals surface area contributed by atoms with Gasteiger partial charge in [0.05, 0.1) is 11.2 Å². The third-order valence-electron chi connectivity index (χ3n) is 3.56. The quantitative estimate of drug-likeness (QED) is 0.685. The van der Waals surface area contributed by atoms with Crippen LogP contribution in [0.1, 0.15) is 0 Å². The van der Waals surface area contributed by atoms with Gasteiger partial charge in [0.2, 0.25) is 5.91 Å². The highest BCUT2D eigenvalue weighted by Crippen LogP contribution is 2.31. The molecule has 1 amide bonds. The molecule has 2 aromatic rings. The summed E-state index contributed by atoms with van der Waals surface area (Å²) < 4.78 is 5.85. The monoisotopic (exact) mass is 358 g/mol. The van der Waals surface area contributed by atoms with Crippen molar-refractivity contribution in [1.82, 2.24) is 19.8 Å². The second-order valence-corrected chi connectivity index (χ2v) is 6.43. The van der Waals surface area contributed by atoms with Gasteiger partial charge >= 0.3 is 0 Å². The fraction of sp³-hybridized carbons (Fsp3) is 0.389. The standard InChI is InChI=1S/C18H26N6O2/c1-23(2)7-5-6-17(25)22-15-10-13-14(20-12-21-18(13)19)11-16(15)26-9-8-24(3)4/h5-6,10-12H,7-9H2,1-4H3,(H,22,25)(H2,19,20,21). The van der Waals surface area contributed by atoms with Crippen LogP contribution in [-0.2, 0) is 4.79 Å². The third-order valence-corrected chi connectivity index (χ3v) is 3.56. The topological polar surface area (TPSA) is 96.6 Å². The van der Waals surface area contributed by atoms with Gasteiger partial charge in [0.25, 0.3) is 0 Å². The van der Waals surface area contributed by atoms with Crippen molar-refractivity contribution in [3.05, 3.63) is 30.6 Å². The zero-order chi connectivity index (χ0) is 19.1. The molecule has 3 N–H and O–H groups in total. The number of nitrogens with two attached hydrogens (primary N) is 1. The van der Waals surface area contributed by atoms with Crippen LogP contribution in [0.25, 0.3) is 10.9 Å². The largest absolute Gasteiger partial charge is 0.490 e. The maximum absolute atomic E-state index is 12.2. The fourth-order valence-electron chi connectivity index (χ4n) is 2.20. The van der Waals surface area contributed by atoms with Crippen molar-refractivity contribution in [3.63, 3.8) is 0 Å². The van der Waals surface area contributed by atoms with Gasteiger partial charge in [-0.1, -0.05) is 6.08 Å².